The summed E-state index contributed by atoms with van der Waals surface area (Å²) in [7, 11) is 7.59. The molecule has 2 aromatic rings. The van der Waals surface area contributed by atoms with Crippen LogP contribution in [0.1, 0.15) is 5.56 Å². The Labute approximate surface area is 140 Å². The van der Waals surface area contributed by atoms with Crippen LogP contribution >= 0.6 is 0 Å². The Hall–Kier alpha value is -2.89. The minimum absolute atomic E-state index is 0.464. The molecule has 0 aliphatic heterocycles. The fourth-order valence-electron chi connectivity index (χ4n) is 2.53. The minimum atomic E-state index is -0.464. The molecular formula is C18H20O6. The van der Waals surface area contributed by atoms with Gasteiger partial charge in [0.1, 0.15) is 23.0 Å². The van der Waals surface area contributed by atoms with E-state index in [1.54, 1.807) is 52.7 Å². The summed E-state index contributed by atoms with van der Waals surface area (Å²) in [5, 5.41) is 1.43. The lowest BCUT2D eigenvalue weighted by Gasteiger charge is -2.17. The zero-order valence-electron chi connectivity index (χ0n) is 14.3. The number of methoxy groups -OCH3 is 5. The zero-order valence-corrected chi connectivity index (χ0v) is 14.3. The summed E-state index contributed by atoms with van der Waals surface area (Å²) in [6.07, 6.45) is 2.92. The van der Waals surface area contributed by atoms with Gasteiger partial charge < -0.3 is 23.7 Å². The molecule has 0 radical (unpaired) electrons. The average Bonchev–Trinajstić information content (AvgIpc) is 2.63. The van der Waals surface area contributed by atoms with Gasteiger partial charge >= 0.3 is 5.97 Å². The first kappa shape index (κ1) is 17.5. The molecule has 0 heterocycles. The number of esters is 1. The first-order chi connectivity index (χ1) is 11.6. The summed E-state index contributed by atoms with van der Waals surface area (Å²) in [6.45, 7) is 0. The van der Waals surface area contributed by atoms with E-state index in [1.165, 1.54) is 13.2 Å². The number of rotatable bonds is 6. The van der Waals surface area contributed by atoms with E-state index in [4.69, 9.17) is 18.9 Å². The van der Waals surface area contributed by atoms with Crippen LogP contribution in [0.5, 0.6) is 23.0 Å². The number of hydrogen-bond donors (Lipinski definition) is 0. The highest BCUT2D eigenvalue weighted by atomic mass is 16.5. The van der Waals surface area contributed by atoms with Crippen LogP contribution in [-0.4, -0.2) is 41.5 Å². The van der Waals surface area contributed by atoms with Crippen molar-refractivity contribution in [2.24, 2.45) is 0 Å². The smallest absolute Gasteiger partial charge is 0.330 e. The maximum atomic E-state index is 11.4. The van der Waals surface area contributed by atoms with E-state index in [1.807, 2.05) is 0 Å². The average molecular weight is 332 g/mol. The third-order valence-corrected chi connectivity index (χ3v) is 3.62. The van der Waals surface area contributed by atoms with E-state index in [9.17, 15) is 4.79 Å². The second-order valence-electron chi connectivity index (χ2n) is 4.78. The fraction of sp³-hybridized carbons (Fsp3) is 0.278. The van der Waals surface area contributed by atoms with Gasteiger partial charge in [-0.05, 0) is 24.3 Å². The molecule has 0 atom stereocenters. The number of benzene rings is 2. The Morgan fingerprint density at radius 2 is 1.42 bits per heavy atom. The van der Waals surface area contributed by atoms with Gasteiger partial charge in [-0.2, -0.15) is 0 Å². The second-order valence-corrected chi connectivity index (χ2v) is 4.78. The molecule has 128 valence electrons. The van der Waals surface area contributed by atoms with Crippen LogP contribution in [0, 0.1) is 0 Å². The molecule has 0 N–H and O–H groups in total. The van der Waals surface area contributed by atoms with Gasteiger partial charge in [0.25, 0.3) is 0 Å². The normalized spacial score (nSPS) is 10.7. The number of carbonyl (C=O) groups is 1. The molecule has 0 unspecified atom stereocenters. The van der Waals surface area contributed by atoms with Crippen LogP contribution in [0.3, 0.4) is 0 Å². The molecule has 6 heteroatoms. The monoisotopic (exact) mass is 332 g/mol. The SMILES string of the molecule is COC(=O)/C=C/c1cc(OC)c2c(OC)ccc(OC)c2c1OC. The van der Waals surface area contributed by atoms with Crippen LogP contribution in [0.4, 0.5) is 0 Å². The molecule has 0 bridgehead atoms. The van der Waals surface area contributed by atoms with E-state index in [0.717, 1.165) is 5.39 Å². The van der Waals surface area contributed by atoms with Gasteiger partial charge in [0.05, 0.1) is 46.3 Å². The van der Waals surface area contributed by atoms with E-state index in [0.29, 0.717) is 33.9 Å². The van der Waals surface area contributed by atoms with Crippen molar-refractivity contribution in [3.05, 3.63) is 29.8 Å². The summed E-state index contributed by atoms with van der Waals surface area (Å²) in [5.74, 6) is 1.89. The molecule has 0 aromatic heterocycles. The third-order valence-electron chi connectivity index (χ3n) is 3.62. The molecule has 0 amide bonds. The molecule has 6 nitrogen and oxygen atoms in total. The van der Waals surface area contributed by atoms with Crippen molar-refractivity contribution >= 4 is 22.8 Å². The number of hydrogen-bond acceptors (Lipinski definition) is 6. The Bertz CT molecular complexity index is 779. The summed E-state index contributed by atoms with van der Waals surface area (Å²) >= 11 is 0. The number of fused-ring (bicyclic) bond motifs is 1. The van der Waals surface area contributed by atoms with Crippen molar-refractivity contribution in [1.82, 2.24) is 0 Å². The first-order valence-corrected chi connectivity index (χ1v) is 7.16. The number of carbonyl (C=O) groups excluding carboxylic acids is 1. The zero-order chi connectivity index (χ0) is 17.7. The van der Waals surface area contributed by atoms with Gasteiger partial charge in [0.15, 0.2) is 0 Å². The molecule has 0 fully saturated rings. The molecule has 0 saturated carbocycles. The highest BCUT2D eigenvalue weighted by Crippen LogP contribution is 2.46. The van der Waals surface area contributed by atoms with Gasteiger partial charge in [-0.1, -0.05) is 0 Å². The second kappa shape index (κ2) is 7.59. The summed E-state index contributed by atoms with van der Waals surface area (Å²) in [6, 6.07) is 5.35. The highest BCUT2D eigenvalue weighted by molar-refractivity contribution is 6.04. The van der Waals surface area contributed by atoms with Crippen molar-refractivity contribution in [3.63, 3.8) is 0 Å². The molecular weight excluding hydrogens is 312 g/mol. The van der Waals surface area contributed by atoms with Crippen molar-refractivity contribution in [2.45, 2.75) is 0 Å². The van der Waals surface area contributed by atoms with Gasteiger partial charge in [-0.15, -0.1) is 0 Å². The first-order valence-electron chi connectivity index (χ1n) is 7.16. The van der Waals surface area contributed by atoms with Crippen LogP contribution < -0.4 is 18.9 Å². The van der Waals surface area contributed by atoms with Crippen LogP contribution in [0.25, 0.3) is 16.8 Å². The number of ether oxygens (including phenoxy) is 5. The molecule has 0 aliphatic carbocycles. The lowest BCUT2D eigenvalue weighted by Crippen LogP contribution is -1.98. The summed E-state index contributed by atoms with van der Waals surface area (Å²) in [4.78, 5) is 11.4. The predicted molar refractivity (Wildman–Crippen MR) is 91.2 cm³/mol. The van der Waals surface area contributed by atoms with E-state index < -0.39 is 5.97 Å². The summed E-state index contributed by atoms with van der Waals surface area (Å²) < 4.78 is 26.6. The Morgan fingerprint density at radius 1 is 0.833 bits per heavy atom. The molecule has 2 rings (SSSR count). The van der Waals surface area contributed by atoms with Crippen LogP contribution in [0.2, 0.25) is 0 Å². The van der Waals surface area contributed by atoms with E-state index in [-0.39, 0.29) is 0 Å². The van der Waals surface area contributed by atoms with E-state index in [2.05, 4.69) is 4.74 Å². The lowest BCUT2D eigenvalue weighted by atomic mass is 10.0. The van der Waals surface area contributed by atoms with Gasteiger partial charge in [-0.25, -0.2) is 4.79 Å². The van der Waals surface area contributed by atoms with Crippen molar-refractivity contribution < 1.29 is 28.5 Å². The molecule has 0 saturated heterocycles. The van der Waals surface area contributed by atoms with E-state index >= 15 is 0 Å². The predicted octanol–water partition coefficient (Wildman–Crippen LogP) is 3.06. The van der Waals surface area contributed by atoms with Crippen molar-refractivity contribution in [3.8, 4) is 23.0 Å². The van der Waals surface area contributed by atoms with Crippen LogP contribution in [-0.2, 0) is 9.53 Å². The molecule has 0 aliphatic rings. The van der Waals surface area contributed by atoms with Gasteiger partial charge in [-0.3, -0.25) is 0 Å². The third kappa shape index (κ3) is 3.08. The fourth-order valence-corrected chi connectivity index (χ4v) is 2.53. The van der Waals surface area contributed by atoms with Gasteiger partial charge in [0.2, 0.25) is 0 Å². The maximum Gasteiger partial charge on any atom is 0.330 e. The standard InChI is InChI=1S/C18H20O6/c1-20-12-7-8-13(21-2)17-16(12)14(22-3)10-11(18(17)24-5)6-9-15(19)23-4/h6-10H,1-5H3/b9-6+. The Balaban J connectivity index is 2.87. The molecule has 24 heavy (non-hydrogen) atoms. The minimum Gasteiger partial charge on any atom is -0.496 e. The van der Waals surface area contributed by atoms with Crippen molar-refractivity contribution in [1.29, 1.82) is 0 Å². The Kier molecular flexibility index (Phi) is 5.52. The lowest BCUT2D eigenvalue weighted by molar-refractivity contribution is -0.134. The topological polar surface area (TPSA) is 63.2 Å². The van der Waals surface area contributed by atoms with Crippen molar-refractivity contribution in [2.75, 3.05) is 35.5 Å². The largest absolute Gasteiger partial charge is 0.496 e. The molecule has 2 aromatic carbocycles. The quantitative estimate of drug-likeness (QED) is 0.598. The van der Waals surface area contributed by atoms with Crippen LogP contribution in [0.15, 0.2) is 24.3 Å². The van der Waals surface area contributed by atoms with Gasteiger partial charge in [0, 0.05) is 11.6 Å². The maximum absolute atomic E-state index is 11.4. The molecule has 0 spiro atoms. The Morgan fingerprint density at radius 3 is 1.92 bits per heavy atom. The highest BCUT2D eigenvalue weighted by Gasteiger charge is 2.20. The summed E-state index contributed by atoms with van der Waals surface area (Å²) in [5.41, 5.74) is 0.652.